The molecule has 27 heavy (non-hydrogen) atoms. The van der Waals surface area contributed by atoms with E-state index in [0.29, 0.717) is 0 Å². The van der Waals surface area contributed by atoms with Crippen molar-refractivity contribution < 1.29 is 0 Å². The first kappa shape index (κ1) is 14.7. The maximum absolute atomic E-state index is 3.66. The van der Waals surface area contributed by atoms with E-state index in [2.05, 4.69) is 99.9 Å². The maximum Gasteiger partial charge on any atom is 0.119 e. The van der Waals surface area contributed by atoms with Gasteiger partial charge >= 0.3 is 0 Å². The van der Waals surface area contributed by atoms with Crippen molar-refractivity contribution in [3.8, 4) is 0 Å². The SMILES string of the molecule is c1ccc2c(c1)CC(c1cc3ccccc3[nH]1)N2c1[nH]cc2ccccc12. The lowest BCUT2D eigenvalue weighted by molar-refractivity contribution is 0.719. The monoisotopic (exact) mass is 349 g/mol. The van der Waals surface area contributed by atoms with Crippen LogP contribution in [0.15, 0.2) is 85.1 Å². The van der Waals surface area contributed by atoms with Gasteiger partial charge in [0.1, 0.15) is 5.82 Å². The van der Waals surface area contributed by atoms with Crippen LogP contribution in [0.1, 0.15) is 17.3 Å². The Balaban J connectivity index is 1.57. The quantitative estimate of drug-likeness (QED) is 0.398. The van der Waals surface area contributed by atoms with Crippen LogP contribution in [0, 0.1) is 0 Å². The van der Waals surface area contributed by atoms with E-state index in [9.17, 15) is 0 Å². The smallest absolute Gasteiger partial charge is 0.119 e. The van der Waals surface area contributed by atoms with Crippen LogP contribution < -0.4 is 4.90 Å². The molecule has 0 amide bonds. The van der Waals surface area contributed by atoms with Gasteiger partial charge in [-0.2, -0.15) is 0 Å². The second-order valence-corrected chi connectivity index (χ2v) is 7.26. The van der Waals surface area contributed by atoms with Crippen molar-refractivity contribution in [1.82, 2.24) is 9.97 Å². The molecule has 3 heterocycles. The Morgan fingerprint density at radius 3 is 2.52 bits per heavy atom. The number of hydrogen-bond donors (Lipinski definition) is 2. The molecule has 0 saturated heterocycles. The molecular weight excluding hydrogens is 330 g/mol. The molecule has 0 spiro atoms. The van der Waals surface area contributed by atoms with Crippen molar-refractivity contribution in [1.29, 1.82) is 0 Å². The van der Waals surface area contributed by atoms with Gasteiger partial charge in [0.25, 0.3) is 0 Å². The Morgan fingerprint density at radius 2 is 1.59 bits per heavy atom. The summed E-state index contributed by atoms with van der Waals surface area (Å²) in [5.41, 5.74) is 5.12. The highest BCUT2D eigenvalue weighted by atomic mass is 15.2. The number of rotatable bonds is 2. The number of nitrogens with one attached hydrogen (secondary N) is 2. The highest BCUT2D eigenvalue weighted by Crippen LogP contribution is 2.46. The number of nitrogens with zero attached hydrogens (tertiary/aromatic N) is 1. The molecule has 0 saturated carbocycles. The molecule has 3 nitrogen and oxygen atoms in total. The van der Waals surface area contributed by atoms with Gasteiger partial charge in [-0.15, -0.1) is 0 Å². The Bertz CT molecular complexity index is 1240. The first-order chi connectivity index (χ1) is 13.4. The number of H-pyrrole nitrogens is 2. The van der Waals surface area contributed by atoms with Crippen molar-refractivity contribution in [3.05, 3.63) is 96.3 Å². The van der Waals surface area contributed by atoms with Crippen molar-refractivity contribution >= 4 is 33.2 Å². The number of aromatic amines is 2. The summed E-state index contributed by atoms with van der Waals surface area (Å²) in [6.45, 7) is 0. The molecule has 2 N–H and O–H groups in total. The third-order valence-corrected chi connectivity index (χ3v) is 5.71. The van der Waals surface area contributed by atoms with Crippen LogP contribution in [0.4, 0.5) is 11.5 Å². The van der Waals surface area contributed by atoms with E-state index in [4.69, 9.17) is 0 Å². The van der Waals surface area contributed by atoms with Gasteiger partial charge in [0, 0.05) is 40.3 Å². The molecule has 1 aliphatic heterocycles. The third-order valence-electron chi connectivity index (χ3n) is 5.71. The normalized spacial score (nSPS) is 16.3. The average Bonchev–Trinajstić information content (AvgIpc) is 3.41. The van der Waals surface area contributed by atoms with Crippen LogP contribution in [-0.4, -0.2) is 9.97 Å². The first-order valence-electron chi connectivity index (χ1n) is 9.39. The molecule has 0 radical (unpaired) electrons. The maximum atomic E-state index is 3.66. The van der Waals surface area contributed by atoms with E-state index in [1.165, 1.54) is 44.4 Å². The van der Waals surface area contributed by atoms with Gasteiger partial charge in [-0.25, -0.2) is 0 Å². The van der Waals surface area contributed by atoms with Gasteiger partial charge in [0.05, 0.1) is 6.04 Å². The Morgan fingerprint density at radius 1 is 0.815 bits per heavy atom. The van der Waals surface area contributed by atoms with Gasteiger partial charge < -0.3 is 14.9 Å². The van der Waals surface area contributed by atoms with Crippen LogP contribution >= 0.6 is 0 Å². The summed E-state index contributed by atoms with van der Waals surface area (Å²) in [5.74, 6) is 1.17. The zero-order chi connectivity index (χ0) is 17.8. The topological polar surface area (TPSA) is 34.8 Å². The van der Waals surface area contributed by atoms with Crippen molar-refractivity contribution in [3.63, 3.8) is 0 Å². The standard InChI is InChI=1S/C24H19N3/c1-4-10-19-18(9-1)15-25-24(19)27-22-12-6-3-8-17(22)14-23(27)21-13-16-7-2-5-11-20(16)26-21/h1-13,15,23,25-26H,14H2. The molecule has 1 atom stereocenters. The highest BCUT2D eigenvalue weighted by molar-refractivity contribution is 5.96. The Kier molecular flexibility index (Phi) is 3.00. The predicted molar refractivity (Wildman–Crippen MR) is 112 cm³/mol. The largest absolute Gasteiger partial charge is 0.357 e. The van der Waals surface area contributed by atoms with E-state index in [0.717, 1.165) is 6.42 Å². The minimum Gasteiger partial charge on any atom is -0.357 e. The van der Waals surface area contributed by atoms with Gasteiger partial charge in [0.15, 0.2) is 0 Å². The van der Waals surface area contributed by atoms with E-state index in [1.54, 1.807) is 0 Å². The van der Waals surface area contributed by atoms with Crippen molar-refractivity contribution in [2.75, 3.05) is 4.90 Å². The number of fused-ring (bicyclic) bond motifs is 3. The Hall–Kier alpha value is -3.46. The molecule has 5 aromatic rings. The van der Waals surface area contributed by atoms with Crippen LogP contribution in [0.3, 0.4) is 0 Å². The Labute approximate surface area is 157 Å². The summed E-state index contributed by atoms with van der Waals surface area (Å²) in [5, 5.41) is 3.77. The van der Waals surface area contributed by atoms with E-state index in [-0.39, 0.29) is 6.04 Å². The summed E-state index contributed by atoms with van der Waals surface area (Å²) in [7, 11) is 0. The minimum absolute atomic E-state index is 0.247. The number of benzene rings is 3. The lowest BCUT2D eigenvalue weighted by atomic mass is 10.1. The third kappa shape index (κ3) is 2.15. The van der Waals surface area contributed by atoms with Crippen LogP contribution in [-0.2, 0) is 6.42 Å². The number of hydrogen-bond acceptors (Lipinski definition) is 1. The first-order valence-corrected chi connectivity index (χ1v) is 9.39. The highest BCUT2D eigenvalue weighted by Gasteiger charge is 2.33. The molecule has 3 aromatic carbocycles. The van der Waals surface area contributed by atoms with Crippen molar-refractivity contribution in [2.45, 2.75) is 12.5 Å². The van der Waals surface area contributed by atoms with Crippen LogP contribution in [0.5, 0.6) is 0 Å². The fourth-order valence-electron chi connectivity index (χ4n) is 4.45. The van der Waals surface area contributed by atoms with Crippen LogP contribution in [0.25, 0.3) is 21.7 Å². The van der Waals surface area contributed by atoms with Gasteiger partial charge in [-0.3, -0.25) is 0 Å². The molecule has 3 heteroatoms. The molecule has 2 aromatic heterocycles. The fourth-order valence-corrected chi connectivity index (χ4v) is 4.45. The molecule has 1 unspecified atom stereocenters. The summed E-state index contributed by atoms with van der Waals surface area (Å²) in [6, 6.07) is 28.3. The fraction of sp³-hybridized carbons (Fsp3) is 0.0833. The zero-order valence-corrected chi connectivity index (χ0v) is 14.8. The number of para-hydroxylation sites is 2. The number of anilines is 2. The summed E-state index contributed by atoms with van der Waals surface area (Å²) >= 11 is 0. The lowest BCUT2D eigenvalue weighted by Gasteiger charge is -2.26. The second-order valence-electron chi connectivity index (χ2n) is 7.26. The van der Waals surface area contributed by atoms with Gasteiger partial charge in [0.2, 0.25) is 0 Å². The van der Waals surface area contributed by atoms with Crippen molar-refractivity contribution in [2.24, 2.45) is 0 Å². The molecular formula is C24H19N3. The molecule has 0 aliphatic carbocycles. The minimum atomic E-state index is 0.247. The summed E-state index contributed by atoms with van der Waals surface area (Å²) in [6.07, 6.45) is 3.10. The number of aromatic nitrogens is 2. The average molecular weight is 349 g/mol. The molecule has 6 rings (SSSR count). The summed E-state index contributed by atoms with van der Waals surface area (Å²) in [4.78, 5) is 9.66. The van der Waals surface area contributed by atoms with Gasteiger partial charge in [-0.1, -0.05) is 60.7 Å². The van der Waals surface area contributed by atoms with E-state index < -0.39 is 0 Å². The van der Waals surface area contributed by atoms with Gasteiger partial charge in [-0.05, 0) is 29.1 Å². The van der Waals surface area contributed by atoms with E-state index >= 15 is 0 Å². The summed E-state index contributed by atoms with van der Waals surface area (Å²) < 4.78 is 0. The predicted octanol–water partition coefficient (Wildman–Crippen LogP) is 6.08. The second kappa shape index (κ2) is 5.52. The molecule has 130 valence electrons. The molecule has 0 fully saturated rings. The molecule has 1 aliphatic rings. The van der Waals surface area contributed by atoms with Crippen LogP contribution in [0.2, 0.25) is 0 Å². The van der Waals surface area contributed by atoms with E-state index in [1.807, 2.05) is 0 Å². The molecule has 0 bridgehead atoms. The zero-order valence-electron chi connectivity index (χ0n) is 14.8. The lowest BCUT2D eigenvalue weighted by Crippen LogP contribution is -2.20.